The lowest BCUT2D eigenvalue weighted by Gasteiger charge is -2.17. The first-order chi connectivity index (χ1) is 9.93. The molecule has 0 saturated heterocycles. The Kier molecular flexibility index (Phi) is 5.07. The molecule has 0 aliphatic carbocycles. The van der Waals surface area contributed by atoms with E-state index in [-0.39, 0.29) is 0 Å². The van der Waals surface area contributed by atoms with Gasteiger partial charge in [0.1, 0.15) is 11.9 Å². The van der Waals surface area contributed by atoms with E-state index in [1.807, 2.05) is 31.2 Å². The quantitative estimate of drug-likeness (QED) is 0.844. The zero-order valence-electron chi connectivity index (χ0n) is 12.9. The van der Waals surface area contributed by atoms with E-state index in [4.69, 9.17) is 4.74 Å². The first kappa shape index (κ1) is 16.1. The van der Waals surface area contributed by atoms with Crippen molar-refractivity contribution in [3.05, 3.63) is 63.1 Å². The summed E-state index contributed by atoms with van der Waals surface area (Å²) in [6.45, 7) is 6.32. The van der Waals surface area contributed by atoms with Crippen molar-refractivity contribution >= 4 is 15.9 Å². The predicted octanol–water partition coefficient (Wildman–Crippen LogP) is 4.97. The predicted molar refractivity (Wildman–Crippen MR) is 90.0 cm³/mol. The SMILES string of the molecule is COc1cc(C)c(Br)cc1C(O)c1ccc(C(C)C)cc1. The van der Waals surface area contributed by atoms with Crippen LogP contribution in [0, 0.1) is 6.92 Å². The summed E-state index contributed by atoms with van der Waals surface area (Å²) in [4.78, 5) is 0. The molecule has 0 fully saturated rings. The van der Waals surface area contributed by atoms with Gasteiger partial charge in [-0.15, -0.1) is 0 Å². The number of benzene rings is 2. The van der Waals surface area contributed by atoms with Gasteiger partial charge < -0.3 is 9.84 Å². The van der Waals surface area contributed by atoms with Crippen molar-refractivity contribution in [3.63, 3.8) is 0 Å². The summed E-state index contributed by atoms with van der Waals surface area (Å²) in [5, 5.41) is 10.6. The van der Waals surface area contributed by atoms with Crippen molar-refractivity contribution in [2.24, 2.45) is 0 Å². The highest BCUT2D eigenvalue weighted by Crippen LogP contribution is 2.34. The molecule has 21 heavy (non-hydrogen) atoms. The second-order valence-electron chi connectivity index (χ2n) is 5.57. The summed E-state index contributed by atoms with van der Waals surface area (Å²) in [6, 6.07) is 12.0. The van der Waals surface area contributed by atoms with Crippen LogP contribution in [0.2, 0.25) is 0 Å². The number of hydrogen-bond donors (Lipinski definition) is 1. The maximum absolute atomic E-state index is 10.6. The Morgan fingerprint density at radius 1 is 1.05 bits per heavy atom. The number of ether oxygens (including phenoxy) is 1. The van der Waals surface area contributed by atoms with Crippen LogP contribution in [0.15, 0.2) is 40.9 Å². The molecule has 0 radical (unpaired) electrons. The summed E-state index contributed by atoms with van der Waals surface area (Å²) in [5.74, 6) is 1.19. The minimum absolute atomic E-state index is 0.485. The molecule has 3 heteroatoms. The van der Waals surface area contributed by atoms with E-state index >= 15 is 0 Å². The number of aryl methyl sites for hydroxylation is 1. The van der Waals surface area contributed by atoms with Gasteiger partial charge in [-0.1, -0.05) is 54.0 Å². The third kappa shape index (κ3) is 3.47. The summed E-state index contributed by atoms with van der Waals surface area (Å²) in [5.41, 5.74) is 3.99. The van der Waals surface area contributed by atoms with Gasteiger partial charge in [-0.05, 0) is 41.7 Å². The Morgan fingerprint density at radius 2 is 1.62 bits per heavy atom. The molecule has 0 aliphatic heterocycles. The molecule has 2 aromatic rings. The van der Waals surface area contributed by atoms with Crippen molar-refractivity contribution in [1.82, 2.24) is 0 Å². The Bertz CT molecular complexity index is 618. The van der Waals surface area contributed by atoms with Gasteiger partial charge >= 0.3 is 0 Å². The molecule has 0 amide bonds. The molecule has 1 atom stereocenters. The van der Waals surface area contributed by atoms with Gasteiger partial charge in [-0.3, -0.25) is 0 Å². The first-order valence-corrected chi connectivity index (χ1v) is 7.85. The van der Waals surface area contributed by atoms with Gasteiger partial charge in [0, 0.05) is 10.0 Å². The molecular formula is C18H21BrO2. The van der Waals surface area contributed by atoms with Crippen LogP contribution < -0.4 is 4.74 Å². The van der Waals surface area contributed by atoms with Gasteiger partial charge in [0.2, 0.25) is 0 Å². The molecule has 1 unspecified atom stereocenters. The zero-order valence-corrected chi connectivity index (χ0v) is 14.4. The Hall–Kier alpha value is -1.32. The minimum atomic E-state index is -0.696. The number of halogens is 1. The maximum Gasteiger partial charge on any atom is 0.125 e. The van der Waals surface area contributed by atoms with Crippen LogP contribution in [0.4, 0.5) is 0 Å². The first-order valence-electron chi connectivity index (χ1n) is 7.06. The van der Waals surface area contributed by atoms with Crippen molar-refractivity contribution in [3.8, 4) is 5.75 Å². The van der Waals surface area contributed by atoms with Crippen LogP contribution in [0.5, 0.6) is 5.75 Å². The van der Waals surface area contributed by atoms with Crippen LogP contribution in [0.3, 0.4) is 0 Å². The van der Waals surface area contributed by atoms with Gasteiger partial charge in [-0.25, -0.2) is 0 Å². The monoisotopic (exact) mass is 348 g/mol. The van der Waals surface area contributed by atoms with Crippen molar-refractivity contribution < 1.29 is 9.84 Å². The highest BCUT2D eigenvalue weighted by Gasteiger charge is 2.17. The van der Waals surface area contributed by atoms with E-state index in [0.717, 1.165) is 21.2 Å². The van der Waals surface area contributed by atoms with E-state index in [2.05, 4.69) is 41.9 Å². The van der Waals surface area contributed by atoms with E-state index in [1.54, 1.807) is 7.11 Å². The molecule has 0 spiro atoms. The standard InChI is InChI=1S/C18H21BrO2/c1-11(2)13-5-7-14(8-6-13)18(20)15-10-16(19)12(3)9-17(15)21-4/h5-11,18,20H,1-4H3. The lowest BCUT2D eigenvalue weighted by atomic mass is 9.96. The number of aliphatic hydroxyl groups excluding tert-OH is 1. The average Bonchev–Trinajstić information content (AvgIpc) is 2.49. The lowest BCUT2D eigenvalue weighted by Crippen LogP contribution is -2.03. The van der Waals surface area contributed by atoms with Crippen LogP contribution in [0.1, 0.15) is 48.1 Å². The van der Waals surface area contributed by atoms with E-state index in [9.17, 15) is 5.11 Å². The summed E-state index contributed by atoms with van der Waals surface area (Å²) < 4.78 is 6.37. The zero-order chi connectivity index (χ0) is 15.6. The van der Waals surface area contributed by atoms with Crippen LogP contribution >= 0.6 is 15.9 Å². The molecule has 2 aromatic carbocycles. The number of aliphatic hydroxyl groups is 1. The third-order valence-corrected chi connectivity index (χ3v) is 4.58. The van der Waals surface area contributed by atoms with E-state index < -0.39 is 6.10 Å². The second kappa shape index (κ2) is 6.63. The molecule has 112 valence electrons. The number of rotatable bonds is 4. The number of hydrogen-bond acceptors (Lipinski definition) is 2. The van der Waals surface area contributed by atoms with Crippen molar-refractivity contribution in [2.75, 3.05) is 7.11 Å². The van der Waals surface area contributed by atoms with E-state index in [0.29, 0.717) is 11.7 Å². The molecular weight excluding hydrogens is 328 g/mol. The number of methoxy groups -OCH3 is 1. The molecule has 0 saturated carbocycles. The van der Waals surface area contributed by atoms with Gasteiger partial charge in [0.25, 0.3) is 0 Å². The summed E-state index contributed by atoms with van der Waals surface area (Å²) in [7, 11) is 1.63. The average molecular weight is 349 g/mol. The summed E-state index contributed by atoms with van der Waals surface area (Å²) >= 11 is 3.51. The highest BCUT2D eigenvalue weighted by molar-refractivity contribution is 9.10. The minimum Gasteiger partial charge on any atom is -0.496 e. The van der Waals surface area contributed by atoms with Gasteiger partial charge in [-0.2, -0.15) is 0 Å². The molecule has 0 bridgehead atoms. The fourth-order valence-corrected chi connectivity index (χ4v) is 2.66. The smallest absolute Gasteiger partial charge is 0.125 e. The van der Waals surface area contributed by atoms with Crippen molar-refractivity contribution in [1.29, 1.82) is 0 Å². The van der Waals surface area contributed by atoms with Gasteiger partial charge in [0.05, 0.1) is 7.11 Å². The molecule has 1 N–H and O–H groups in total. The second-order valence-corrected chi connectivity index (χ2v) is 6.42. The van der Waals surface area contributed by atoms with Crippen LogP contribution in [-0.2, 0) is 0 Å². The molecule has 0 aliphatic rings. The fraction of sp³-hybridized carbons (Fsp3) is 0.333. The molecule has 0 heterocycles. The van der Waals surface area contributed by atoms with Crippen LogP contribution in [-0.4, -0.2) is 12.2 Å². The Balaban J connectivity index is 2.39. The normalized spacial score (nSPS) is 12.5. The van der Waals surface area contributed by atoms with E-state index in [1.165, 1.54) is 5.56 Å². The van der Waals surface area contributed by atoms with Crippen molar-refractivity contribution in [2.45, 2.75) is 32.8 Å². The highest BCUT2D eigenvalue weighted by atomic mass is 79.9. The van der Waals surface area contributed by atoms with Crippen LogP contribution in [0.25, 0.3) is 0 Å². The van der Waals surface area contributed by atoms with Gasteiger partial charge in [0.15, 0.2) is 0 Å². The summed E-state index contributed by atoms with van der Waals surface area (Å²) in [6.07, 6.45) is -0.696. The molecule has 0 aromatic heterocycles. The third-order valence-electron chi connectivity index (χ3n) is 3.72. The topological polar surface area (TPSA) is 29.5 Å². The maximum atomic E-state index is 10.6. The molecule has 2 rings (SSSR count). The molecule has 2 nitrogen and oxygen atoms in total. The lowest BCUT2D eigenvalue weighted by molar-refractivity contribution is 0.214. The Labute approximate surface area is 134 Å². The largest absolute Gasteiger partial charge is 0.496 e. The fourth-order valence-electron chi connectivity index (χ4n) is 2.30. The Morgan fingerprint density at radius 3 is 2.14 bits per heavy atom.